The molecule has 2 aromatic carbocycles. The van der Waals surface area contributed by atoms with Crippen molar-refractivity contribution < 1.29 is 14.3 Å². The lowest BCUT2D eigenvalue weighted by Crippen LogP contribution is -2.19. The maximum atomic E-state index is 12.6. The van der Waals surface area contributed by atoms with Gasteiger partial charge in [0, 0.05) is 27.1 Å². The van der Waals surface area contributed by atoms with Crippen LogP contribution in [0.4, 0.5) is 5.69 Å². The van der Waals surface area contributed by atoms with Gasteiger partial charge in [-0.3, -0.25) is 9.59 Å². The molecule has 0 aliphatic carbocycles. The van der Waals surface area contributed by atoms with Crippen molar-refractivity contribution in [3.8, 4) is 0 Å². The highest BCUT2D eigenvalue weighted by Gasteiger charge is 2.24. The number of rotatable bonds is 5. The van der Waals surface area contributed by atoms with Gasteiger partial charge in [-0.1, -0.05) is 34.1 Å². The average molecular weight is 512 g/mol. The number of para-hydroxylation sites is 1. The van der Waals surface area contributed by atoms with Gasteiger partial charge in [-0.15, -0.1) is 0 Å². The summed E-state index contributed by atoms with van der Waals surface area (Å²) >= 11 is 4.87. The standard InChI is InChI=1S/C24H22BrN3O3S/c1-4-31-21(29)13-28-12-16(18-7-5-6-8-19(18)28)11-20-23(30)27-24(32-20)26-17-9-14(2)22(25)15(3)10-17/h5-12H,4,13H2,1-3H3,(H,26,27,30)/b20-11-. The minimum absolute atomic E-state index is 0.117. The zero-order chi connectivity index (χ0) is 22.8. The fourth-order valence-electron chi connectivity index (χ4n) is 3.59. The molecule has 0 atom stereocenters. The number of halogens is 1. The number of aliphatic imine (C=N–C) groups is 1. The maximum absolute atomic E-state index is 12.6. The van der Waals surface area contributed by atoms with Crippen molar-refractivity contribution >= 4 is 67.4 Å². The first kappa shape index (κ1) is 22.4. The van der Waals surface area contributed by atoms with Gasteiger partial charge in [0.1, 0.15) is 6.54 Å². The fraction of sp³-hybridized carbons (Fsp3) is 0.208. The number of amides is 1. The third-order valence-corrected chi connectivity index (χ3v) is 7.17. The highest BCUT2D eigenvalue weighted by Crippen LogP contribution is 2.32. The number of thioether (sulfide) groups is 1. The van der Waals surface area contributed by atoms with Crippen LogP contribution in [0, 0.1) is 13.8 Å². The molecule has 1 aliphatic rings. The summed E-state index contributed by atoms with van der Waals surface area (Å²) in [6.07, 6.45) is 3.71. The van der Waals surface area contributed by atoms with Gasteiger partial charge in [0.25, 0.3) is 5.91 Å². The van der Waals surface area contributed by atoms with E-state index in [1.807, 2.05) is 67.1 Å². The molecule has 0 radical (unpaired) electrons. The van der Waals surface area contributed by atoms with Crippen molar-refractivity contribution in [1.82, 2.24) is 9.88 Å². The van der Waals surface area contributed by atoms with Crippen molar-refractivity contribution in [2.24, 2.45) is 4.99 Å². The molecule has 6 nitrogen and oxygen atoms in total. The molecule has 1 N–H and O–H groups in total. The molecule has 0 unspecified atom stereocenters. The van der Waals surface area contributed by atoms with E-state index in [9.17, 15) is 9.59 Å². The lowest BCUT2D eigenvalue weighted by molar-refractivity contribution is -0.143. The van der Waals surface area contributed by atoms with Crippen LogP contribution in [0.1, 0.15) is 23.6 Å². The van der Waals surface area contributed by atoms with E-state index in [1.165, 1.54) is 11.8 Å². The Morgan fingerprint density at radius 3 is 2.69 bits per heavy atom. The smallest absolute Gasteiger partial charge is 0.325 e. The number of hydrogen-bond acceptors (Lipinski definition) is 5. The zero-order valence-electron chi connectivity index (χ0n) is 17.9. The van der Waals surface area contributed by atoms with Crippen LogP contribution in [0.3, 0.4) is 0 Å². The second-order valence-corrected chi connectivity index (χ2v) is 9.23. The molecule has 1 fully saturated rings. The van der Waals surface area contributed by atoms with Crippen LogP contribution in [-0.4, -0.2) is 28.2 Å². The molecule has 1 aromatic heterocycles. The van der Waals surface area contributed by atoms with Crippen LogP contribution >= 0.6 is 27.7 Å². The largest absolute Gasteiger partial charge is 0.465 e. The third-order valence-electron chi connectivity index (χ3n) is 5.01. The Kier molecular flexibility index (Phi) is 6.53. The molecular formula is C24H22BrN3O3S. The molecule has 32 heavy (non-hydrogen) atoms. The minimum atomic E-state index is -0.296. The van der Waals surface area contributed by atoms with Crippen LogP contribution in [-0.2, 0) is 20.9 Å². The number of carbonyl (C=O) groups excluding carboxylic acids is 2. The van der Waals surface area contributed by atoms with Crippen LogP contribution in [0.2, 0.25) is 0 Å². The zero-order valence-corrected chi connectivity index (χ0v) is 20.3. The first-order chi connectivity index (χ1) is 15.4. The second-order valence-electron chi connectivity index (χ2n) is 7.41. The van der Waals surface area contributed by atoms with E-state index in [0.717, 1.165) is 37.8 Å². The molecule has 4 rings (SSSR count). The van der Waals surface area contributed by atoms with E-state index in [1.54, 1.807) is 6.92 Å². The van der Waals surface area contributed by atoms with Gasteiger partial charge in [0.05, 0.1) is 17.2 Å². The Balaban J connectivity index is 1.64. The van der Waals surface area contributed by atoms with Crippen molar-refractivity contribution in [2.45, 2.75) is 27.3 Å². The highest BCUT2D eigenvalue weighted by atomic mass is 79.9. The Labute approximate surface area is 198 Å². The average Bonchev–Trinajstić information content (AvgIpc) is 3.26. The number of hydrogen-bond donors (Lipinski definition) is 1. The molecule has 8 heteroatoms. The first-order valence-electron chi connectivity index (χ1n) is 10.2. The van der Waals surface area contributed by atoms with Crippen molar-refractivity contribution in [3.05, 3.63) is 68.7 Å². The predicted octanol–water partition coefficient (Wildman–Crippen LogP) is 5.48. The molecular weight excluding hydrogens is 490 g/mol. The van der Waals surface area contributed by atoms with Crippen LogP contribution in [0.25, 0.3) is 17.0 Å². The highest BCUT2D eigenvalue weighted by molar-refractivity contribution is 9.10. The first-order valence-corrected chi connectivity index (χ1v) is 11.8. The topological polar surface area (TPSA) is 72.7 Å². The third kappa shape index (κ3) is 4.66. The maximum Gasteiger partial charge on any atom is 0.325 e. The van der Waals surface area contributed by atoms with E-state index in [2.05, 4.69) is 26.2 Å². The summed E-state index contributed by atoms with van der Waals surface area (Å²) in [5.41, 5.74) is 4.73. The molecule has 3 aromatic rings. The lowest BCUT2D eigenvalue weighted by Gasteiger charge is -2.04. The van der Waals surface area contributed by atoms with E-state index in [4.69, 9.17) is 4.74 Å². The van der Waals surface area contributed by atoms with Crippen LogP contribution < -0.4 is 5.32 Å². The van der Waals surface area contributed by atoms with Gasteiger partial charge in [-0.2, -0.15) is 0 Å². The Morgan fingerprint density at radius 1 is 1.25 bits per heavy atom. The summed E-state index contributed by atoms with van der Waals surface area (Å²) in [7, 11) is 0. The lowest BCUT2D eigenvalue weighted by atomic mass is 10.1. The van der Waals surface area contributed by atoms with Crippen molar-refractivity contribution in [2.75, 3.05) is 6.61 Å². The van der Waals surface area contributed by atoms with Crippen molar-refractivity contribution in [3.63, 3.8) is 0 Å². The molecule has 1 saturated heterocycles. The normalized spacial score (nSPS) is 16.2. The quantitative estimate of drug-likeness (QED) is 0.363. The number of aromatic nitrogens is 1. The van der Waals surface area contributed by atoms with E-state index in [-0.39, 0.29) is 18.4 Å². The summed E-state index contributed by atoms with van der Waals surface area (Å²) < 4.78 is 7.99. The number of nitrogens with one attached hydrogen (secondary N) is 1. The second kappa shape index (κ2) is 9.34. The number of aryl methyl sites for hydroxylation is 2. The number of fused-ring (bicyclic) bond motifs is 1. The number of ether oxygens (including phenoxy) is 1. The molecule has 0 bridgehead atoms. The van der Waals surface area contributed by atoms with Gasteiger partial charge in [0.15, 0.2) is 5.17 Å². The molecule has 1 amide bonds. The summed E-state index contributed by atoms with van der Waals surface area (Å²) in [4.78, 5) is 29.8. The minimum Gasteiger partial charge on any atom is -0.465 e. The molecule has 2 heterocycles. The number of amidine groups is 1. The summed E-state index contributed by atoms with van der Waals surface area (Å²) in [6, 6.07) is 11.7. The Hall–Kier alpha value is -2.84. The van der Waals surface area contributed by atoms with Gasteiger partial charge < -0.3 is 14.6 Å². The van der Waals surface area contributed by atoms with Gasteiger partial charge >= 0.3 is 5.97 Å². The fourth-order valence-corrected chi connectivity index (χ4v) is 4.65. The molecule has 0 saturated carbocycles. The van der Waals surface area contributed by atoms with Crippen molar-refractivity contribution in [1.29, 1.82) is 0 Å². The number of esters is 1. The molecule has 164 valence electrons. The monoisotopic (exact) mass is 511 g/mol. The van der Waals surface area contributed by atoms with Gasteiger partial charge in [0.2, 0.25) is 0 Å². The van der Waals surface area contributed by atoms with Gasteiger partial charge in [-0.25, -0.2) is 4.99 Å². The van der Waals surface area contributed by atoms with E-state index in [0.29, 0.717) is 16.7 Å². The molecule has 0 spiro atoms. The van der Waals surface area contributed by atoms with Crippen LogP contribution in [0.5, 0.6) is 0 Å². The van der Waals surface area contributed by atoms with Crippen LogP contribution in [0.15, 0.2) is 57.0 Å². The predicted molar refractivity (Wildman–Crippen MR) is 133 cm³/mol. The Bertz CT molecular complexity index is 1270. The number of benzene rings is 2. The molecule has 1 aliphatic heterocycles. The summed E-state index contributed by atoms with van der Waals surface area (Å²) in [5, 5.41) is 4.34. The number of carbonyl (C=O) groups is 2. The summed E-state index contributed by atoms with van der Waals surface area (Å²) in [6.45, 7) is 6.27. The SMILES string of the molecule is CCOC(=O)Cn1cc(/C=C2\SC(=Nc3cc(C)c(Br)c(C)c3)NC2=O)c2ccccc21. The van der Waals surface area contributed by atoms with Gasteiger partial charge in [-0.05, 0) is 67.9 Å². The van der Waals surface area contributed by atoms with E-state index < -0.39 is 0 Å². The summed E-state index contributed by atoms with van der Waals surface area (Å²) in [5.74, 6) is -0.489. The number of nitrogens with zero attached hydrogens (tertiary/aromatic N) is 2. The van der Waals surface area contributed by atoms with E-state index >= 15 is 0 Å². The Morgan fingerprint density at radius 2 is 1.97 bits per heavy atom.